The SMILES string of the molecule is C[C@@H](NCc1ccc(Br)cc1Cl)c1ccccc1. The van der Waals surface area contributed by atoms with Gasteiger partial charge in [-0.3, -0.25) is 0 Å². The molecule has 0 amide bonds. The summed E-state index contributed by atoms with van der Waals surface area (Å²) >= 11 is 9.60. The van der Waals surface area contributed by atoms with Crippen LogP contribution in [0.2, 0.25) is 5.02 Å². The van der Waals surface area contributed by atoms with Crippen LogP contribution in [0.5, 0.6) is 0 Å². The Morgan fingerprint density at radius 2 is 1.89 bits per heavy atom. The topological polar surface area (TPSA) is 12.0 Å². The van der Waals surface area contributed by atoms with Crippen molar-refractivity contribution in [2.24, 2.45) is 0 Å². The molecule has 0 fully saturated rings. The number of nitrogens with one attached hydrogen (secondary N) is 1. The van der Waals surface area contributed by atoms with Gasteiger partial charge in [0.05, 0.1) is 0 Å². The lowest BCUT2D eigenvalue weighted by Gasteiger charge is -2.15. The fourth-order valence-corrected chi connectivity index (χ4v) is 2.53. The van der Waals surface area contributed by atoms with E-state index in [0.717, 1.165) is 21.6 Å². The Hall–Kier alpha value is -0.830. The monoisotopic (exact) mass is 323 g/mol. The molecule has 0 saturated carbocycles. The van der Waals surface area contributed by atoms with Crippen molar-refractivity contribution in [3.8, 4) is 0 Å². The van der Waals surface area contributed by atoms with Crippen molar-refractivity contribution in [3.63, 3.8) is 0 Å². The lowest BCUT2D eigenvalue weighted by molar-refractivity contribution is 0.575. The minimum atomic E-state index is 0.311. The number of benzene rings is 2. The third kappa shape index (κ3) is 3.58. The highest BCUT2D eigenvalue weighted by Crippen LogP contribution is 2.22. The molecule has 2 aromatic rings. The molecule has 18 heavy (non-hydrogen) atoms. The molecule has 0 aliphatic carbocycles. The first-order chi connectivity index (χ1) is 8.66. The van der Waals surface area contributed by atoms with Gasteiger partial charge < -0.3 is 5.32 Å². The normalized spacial score (nSPS) is 12.4. The van der Waals surface area contributed by atoms with Crippen LogP contribution in [-0.4, -0.2) is 0 Å². The molecule has 0 saturated heterocycles. The Morgan fingerprint density at radius 1 is 1.17 bits per heavy atom. The number of rotatable bonds is 4. The van der Waals surface area contributed by atoms with Crippen LogP contribution in [0, 0.1) is 0 Å². The molecule has 0 spiro atoms. The Labute approximate surface area is 121 Å². The molecule has 0 aliphatic heterocycles. The van der Waals surface area contributed by atoms with Gasteiger partial charge >= 0.3 is 0 Å². The average Bonchev–Trinajstić information content (AvgIpc) is 2.38. The predicted molar refractivity (Wildman–Crippen MR) is 80.8 cm³/mol. The Kier molecular flexibility index (Phi) is 4.81. The first-order valence-electron chi connectivity index (χ1n) is 5.89. The van der Waals surface area contributed by atoms with E-state index in [1.807, 2.05) is 24.3 Å². The molecule has 94 valence electrons. The quantitative estimate of drug-likeness (QED) is 0.838. The van der Waals surface area contributed by atoms with Crippen molar-refractivity contribution in [2.75, 3.05) is 0 Å². The van der Waals surface area contributed by atoms with Crippen molar-refractivity contribution in [1.82, 2.24) is 5.32 Å². The molecule has 1 N–H and O–H groups in total. The second-order valence-electron chi connectivity index (χ2n) is 4.25. The standard InChI is InChI=1S/C15H15BrClN/c1-11(12-5-3-2-4-6-12)18-10-13-7-8-14(16)9-15(13)17/h2-9,11,18H,10H2,1H3/t11-/m1/s1. The lowest BCUT2D eigenvalue weighted by atomic mass is 10.1. The van der Waals surface area contributed by atoms with Gasteiger partial charge in [-0.2, -0.15) is 0 Å². The summed E-state index contributed by atoms with van der Waals surface area (Å²) in [6.07, 6.45) is 0. The van der Waals surface area contributed by atoms with Gasteiger partial charge in [-0.15, -0.1) is 0 Å². The van der Waals surface area contributed by atoms with Crippen LogP contribution in [0.4, 0.5) is 0 Å². The summed E-state index contributed by atoms with van der Waals surface area (Å²) in [7, 11) is 0. The molecule has 0 radical (unpaired) electrons. The number of halogens is 2. The molecule has 2 rings (SSSR count). The number of hydrogen-bond acceptors (Lipinski definition) is 1. The Morgan fingerprint density at radius 3 is 2.56 bits per heavy atom. The van der Waals surface area contributed by atoms with E-state index < -0.39 is 0 Å². The van der Waals surface area contributed by atoms with Crippen molar-refractivity contribution < 1.29 is 0 Å². The molecule has 3 heteroatoms. The van der Waals surface area contributed by atoms with E-state index in [-0.39, 0.29) is 0 Å². The van der Waals surface area contributed by atoms with Gasteiger partial charge in [0.15, 0.2) is 0 Å². The molecular formula is C15H15BrClN. The summed E-state index contributed by atoms with van der Waals surface area (Å²) in [5.74, 6) is 0. The summed E-state index contributed by atoms with van der Waals surface area (Å²) in [5.41, 5.74) is 2.40. The fourth-order valence-electron chi connectivity index (χ4n) is 1.79. The molecular weight excluding hydrogens is 310 g/mol. The maximum absolute atomic E-state index is 6.19. The first kappa shape index (κ1) is 13.6. The Balaban J connectivity index is 1.99. The molecule has 1 atom stereocenters. The van der Waals surface area contributed by atoms with E-state index in [4.69, 9.17) is 11.6 Å². The molecule has 0 bridgehead atoms. The highest BCUT2D eigenvalue weighted by atomic mass is 79.9. The van der Waals surface area contributed by atoms with Crippen molar-refractivity contribution in [2.45, 2.75) is 19.5 Å². The summed E-state index contributed by atoms with van der Waals surface area (Å²) in [6, 6.07) is 16.7. The molecule has 0 aromatic heterocycles. The van der Waals surface area contributed by atoms with E-state index in [2.05, 4.69) is 52.4 Å². The highest BCUT2D eigenvalue weighted by Gasteiger charge is 2.06. The molecule has 0 unspecified atom stereocenters. The van der Waals surface area contributed by atoms with Crippen molar-refractivity contribution >= 4 is 27.5 Å². The van der Waals surface area contributed by atoms with E-state index in [0.29, 0.717) is 6.04 Å². The predicted octanol–water partition coefficient (Wildman–Crippen LogP) is 4.95. The van der Waals surface area contributed by atoms with Gasteiger partial charge in [0.25, 0.3) is 0 Å². The zero-order valence-corrected chi connectivity index (χ0v) is 12.5. The van der Waals surface area contributed by atoms with E-state index in [9.17, 15) is 0 Å². The van der Waals surface area contributed by atoms with Crippen LogP contribution >= 0.6 is 27.5 Å². The molecule has 1 nitrogen and oxygen atoms in total. The lowest BCUT2D eigenvalue weighted by Crippen LogP contribution is -2.18. The Bertz CT molecular complexity index is 513. The summed E-state index contributed by atoms with van der Waals surface area (Å²) in [5, 5.41) is 4.26. The zero-order chi connectivity index (χ0) is 13.0. The second kappa shape index (κ2) is 6.37. The largest absolute Gasteiger partial charge is 0.306 e. The van der Waals surface area contributed by atoms with Crippen molar-refractivity contribution in [1.29, 1.82) is 0 Å². The zero-order valence-electron chi connectivity index (χ0n) is 10.2. The van der Waals surface area contributed by atoms with Crippen LogP contribution < -0.4 is 5.32 Å². The van der Waals surface area contributed by atoms with Gasteiger partial charge in [0.1, 0.15) is 0 Å². The van der Waals surface area contributed by atoms with Crippen LogP contribution in [0.25, 0.3) is 0 Å². The maximum Gasteiger partial charge on any atom is 0.0462 e. The molecule has 0 aliphatic rings. The van der Waals surface area contributed by atoms with Crippen LogP contribution in [0.15, 0.2) is 53.0 Å². The van der Waals surface area contributed by atoms with Crippen LogP contribution in [-0.2, 0) is 6.54 Å². The van der Waals surface area contributed by atoms with Crippen LogP contribution in [0.3, 0.4) is 0 Å². The van der Waals surface area contributed by atoms with E-state index in [1.54, 1.807) is 0 Å². The van der Waals surface area contributed by atoms with Gasteiger partial charge in [0, 0.05) is 22.1 Å². The summed E-state index contributed by atoms with van der Waals surface area (Å²) < 4.78 is 1.01. The average molecular weight is 325 g/mol. The fraction of sp³-hybridized carbons (Fsp3) is 0.200. The number of hydrogen-bond donors (Lipinski definition) is 1. The smallest absolute Gasteiger partial charge is 0.0462 e. The highest BCUT2D eigenvalue weighted by molar-refractivity contribution is 9.10. The minimum absolute atomic E-state index is 0.311. The minimum Gasteiger partial charge on any atom is -0.306 e. The first-order valence-corrected chi connectivity index (χ1v) is 7.06. The summed E-state index contributed by atoms with van der Waals surface area (Å²) in [6.45, 7) is 2.92. The van der Waals surface area contributed by atoms with Gasteiger partial charge in [-0.25, -0.2) is 0 Å². The van der Waals surface area contributed by atoms with Gasteiger partial charge in [0.2, 0.25) is 0 Å². The second-order valence-corrected chi connectivity index (χ2v) is 5.57. The maximum atomic E-state index is 6.19. The third-order valence-electron chi connectivity index (χ3n) is 2.91. The van der Waals surface area contributed by atoms with Crippen molar-refractivity contribution in [3.05, 3.63) is 69.2 Å². The third-order valence-corrected chi connectivity index (χ3v) is 3.76. The molecule has 2 aromatic carbocycles. The molecule has 0 heterocycles. The van der Waals surface area contributed by atoms with Crippen LogP contribution in [0.1, 0.15) is 24.1 Å². The van der Waals surface area contributed by atoms with Gasteiger partial charge in [-0.1, -0.05) is 63.9 Å². The van der Waals surface area contributed by atoms with E-state index >= 15 is 0 Å². The van der Waals surface area contributed by atoms with E-state index in [1.165, 1.54) is 5.56 Å². The summed E-state index contributed by atoms with van der Waals surface area (Å²) in [4.78, 5) is 0. The van der Waals surface area contributed by atoms with Gasteiger partial charge in [-0.05, 0) is 30.2 Å².